The molecule has 14 aromatic rings. The fourth-order valence-electron chi connectivity index (χ4n) is 11.9. The van der Waals surface area contributed by atoms with Crippen LogP contribution in [-0.2, 0) is 16.1 Å². The number of ketones is 4. The highest BCUT2D eigenvalue weighted by atomic mass is 79.9. The van der Waals surface area contributed by atoms with Crippen LogP contribution >= 0.6 is 15.9 Å². The maximum Gasteiger partial charge on any atom is 0.347 e. The standard InChI is InChI=1S/C21H20N4O2.C17H14FN2O3.C17H11FN2O2.C11H6BrFO3.C6H8N2.C6H15N.C6H10O2.C4H10N2.BrH/c1-14-2-4-18-10-16(13-25(18)23-14)19-11-15-3-5-17(12-20(15)27-21(19)26)24-8-6-22-7-9-24;1-10-3-4-11(2)20(19-10)9-15(21)14-7-12-5-6-13(18)8-16(12)23-17(14)22;1-10-2-5-14-6-12(9-20(14)19-10)15-7-11-3-4-13(18)8-16(11)22-17(15)21;12-5-9(14)8-3-6-1-2-7(13)4-10(6)16-11(8)15;1-5-3-4-6(2)8-7-5;1-4-7(5-2)6-3;1-5(7)3-4-6(2)8;1-2-6-4-3-5-1;/h2-5,10-13,22H,6-9H2,1H3;3-8H,9H2,1-2H3;2-9H,1H3;1-4H,5H2;3-4H,1-2H3;4-6H2,1-3H3;3-4H2,1-2H3;5-6H,1-4H2;1H/q;+1;;;;;;;/p-1. The molecule has 16 rings (SSSR count). The average Bonchev–Trinajstić information content (AvgIpc) is 1.54. The SMILES string of the molecule is C1CNCCN1.CC(=O)CCC(C)=O.CCN(CC)CC.Cc1ccc(C)[n+](CC(=O)c2cc3ccc(F)cc3oc2=O)n1.Cc1ccc(C)nn1.Cc1ccc2cc(-c3cc4ccc(F)cc4oc3=O)cn2n1.Cc1ccc2cc(-c3cc4ccc(N5CCNCC5)cc4oc3=O)cn2n1.O=C(CBr)c1cc2ccc(F)cc2oc1=O.[Br-]. The zero-order valence-corrected chi connectivity index (χ0v) is 70.7. The van der Waals surface area contributed by atoms with E-state index in [0.717, 1.165) is 132 Å². The van der Waals surface area contributed by atoms with Gasteiger partial charge in [-0.3, -0.25) is 9.59 Å². The molecule has 2 fully saturated rings. The second kappa shape index (κ2) is 44.6. The number of anilines is 1. The molecule has 618 valence electrons. The molecule has 30 heteroatoms. The van der Waals surface area contributed by atoms with Crippen LogP contribution in [-0.4, -0.2) is 140 Å². The molecule has 2 aliphatic heterocycles. The van der Waals surface area contributed by atoms with Gasteiger partial charge in [-0.1, -0.05) is 41.4 Å². The number of aromatic nitrogens is 8. The number of carbonyl (C=O) groups is 4. The molecule has 12 heterocycles. The number of Topliss-reactive ketones (excluding diaryl/α,β-unsaturated/α-hetero) is 4. The molecule has 3 N–H and O–H groups in total. The summed E-state index contributed by atoms with van der Waals surface area (Å²) in [6.07, 6.45) is 4.45. The summed E-state index contributed by atoms with van der Waals surface area (Å²) in [6, 6.07) is 43.5. The zero-order valence-electron chi connectivity index (χ0n) is 67.5. The predicted octanol–water partition coefficient (Wildman–Crippen LogP) is 10.6. The fraction of sp³-hybridized carbons (Fsp3) is 0.295. The summed E-state index contributed by atoms with van der Waals surface area (Å²) in [6.45, 7) is 32.8. The molecule has 25 nitrogen and oxygen atoms in total. The summed E-state index contributed by atoms with van der Waals surface area (Å²) in [7, 11) is 0. The second-order valence-corrected chi connectivity index (χ2v) is 28.1. The Balaban J connectivity index is 0.000000177. The number of nitrogens with one attached hydrogen (secondary N) is 3. The molecule has 4 aromatic carbocycles. The van der Waals surface area contributed by atoms with Crippen LogP contribution < -0.4 is 65.0 Å². The largest absolute Gasteiger partial charge is 1.00 e. The van der Waals surface area contributed by atoms with Gasteiger partial charge in [-0.05, 0) is 201 Å². The highest BCUT2D eigenvalue weighted by Crippen LogP contribution is 2.28. The van der Waals surface area contributed by atoms with E-state index in [1.807, 2.05) is 127 Å². The van der Waals surface area contributed by atoms with Crippen molar-refractivity contribution < 1.29 is 71.7 Å². The van der Waals surface area contributed by atoms with E-state index in [4.69, 9.17) is 17.7 Å². The molecule has 10 aromatic heterocycles. The fourth-order valence-corrected chi connectivity index (χ4v) is 12.2. The third-order valence-electron chi connectivity index (χ3n) is 18.4. The van der Waals surface area contributed by atoms with Crippen LogP contribution in [0.5, 0.6) is 0 Å². The number of aryl methyl sites for hydroxylation is 6. The van der Waals surface area contributed by atoms with Crippen molar-refractivity contribution in [1.82, 2.24) is 55.4 Å². The number of carbonyl (C=O) groups excluding carboxylic acids is 4. The average molecular weight is 1740 g/mol. The minimum absolute atomic E-state index is 0. The molecule has 0 radical (unpaired) electrons. The number of hydrogen-bond acceptors (Lipinski definition) is 22. The minimum Gasteiger partial charge on any atom is -1.00 e. The molecule has 0 unspecified atom stereocenters. The van der Waals surface area contributed by atoms with Gasteiger partial charge in [0, 0.05) is 153 Å². The first-order valence-corrected chi connectivity index (χ1v) is 39.2. The molecule has 0 bridgehead atoms. The Kier molecular flexibility index (Phi) is 34.7. The van der Waals surface area contributed by atoms with E-state index in [-0.39, 0.29) is 79.7 Å². The first-order chi connectivity index (χ1) is 56.1. The second-order valence-electron chi connectivity index (χ2n) is 27.5. The van der Waals surface area contributed by atoms with Gasteiger partial charge in [-0.2, -0.15) is 20.4 Å². The van der Waals surface area contributed by atoms with Crippen molar-refractivity contribution in [3.05, 3.63) is 275 Å². The van der Waals surface area contributed by atoms with E-state index < -0.39 is 40.1 Å². The van der Waals surface area contributed by atoms with E-state index in [1.54, 1.807) is 27.4 Å². The molecule has 2 saturated heterocycles. The molecule has 2 aliphatic rings. The lowest BCUT2D eigenvalue weighted by molar-refractivity contribution is -0.747. The van der Waals surface area contributed by atoms with E-state index in [9.17, 15) is 51.5 Å². The van der Waals surface area contributed by atoms with Crippen LogP contribution in [0, 0.1) is 59.0 Å². The maximum absolute atomic E-state index is 13.2. The number of piperazine rings is 2. The Morgan fingerprint density at radius 1 is 0.458 bits per heavy atom. The van der Waals surface area contributed by atoms with Crippen molar-refractivity contribution in [1.29, 1.82) is 0 Å². The summed E-state index contributed by atoms with van der Waals surface area (Å²) in [5.74, 6) is -2.03. The van der Waals surface area contributed by atoms with E-state index in [1.165, 1.54) is 86.7 Å². The van der Waals surface area contributed by atoms with Crippen LogP contribution in [0.2, 0.25) is 0 Å². The normalized spacial score (nSPS) is 12.2. The van der Waals surface area contributed by atoms with Gasteiger partial charge in [0.15, 0.2) is 5.78 Å². The number of fused-ring (bicyclic) bond motifs is 6. The minimum atomic E-state index is -0.779. The van der Waals surface area contributed by atoms with Crippen molar-refractivity contribution in [3.63, 3.8) is 0 Å². The highest BCUT2D eigenvalue weighted by Gasteiger charge is 2.22. The number of nitrogens with zero attached hydrogens (tertiary/aromatic N) is 10. The Labute approximate surface area is 697 Å². The number of rotatable bonds is 14. The van der Waals surface area contributed by atoms with Crippen molar-refractivity contribution >= 4 is 99.7 Å². The Morgan fingerprint density at radius 2 is 0.839 bits per heavy atom. The molecular weight excluding hydrogens is 1650 g/mol. The number of halogens is 5. The van der Waals surface area contributed by atoms with Gasteiger partial charge in [0.25, 0.3) is 0 Å². The summed E-state index contributed by atoms with van der Waals surface area (Å²) in [4.78, 5) is 97.1. The lowest BCUT2D eigenvalue weighted by Crippen LogP contribution is -3.00. The quantitative estimate of drug-likeness (QED) is 0.0394. The monoisotopic (exact) mass is 1740 g/mol. The summed E-state index contributed by atoms with van der Waals surface area (Å²) < 4.78 is 65.1. The van der Waals surface area contributed by atoms with Gasteiger partial charge in [0.2, 0.25) is 18.0 Å². The van der Waals surface area contributed by atoms with Gasteiger partial charge in [0.05, 0.1) is 50.3 Å². The van der Waals surface area contributed by atoms with Crippen LogP contribution in [0.15, 0.2) is 207 Å². The van der Waals surface area contributed by atoms with Crippen LogP contribution in [0.1, 0.15) is 102 Å². The Hall–Kier alpha value is -11.7. The Morgan fingerprint density at radius 3 is 1.24 bits per heavy atom. The molecule has 0 saturated carbocycles. The lowest BCUT2D eigenvalue weighted by Gasteiger charge is -2.29. The highest BCUT2D eigenvalue weighted by molar-refractivity contribution is 9.09. The van der Waals surface area contributed by atoms with Crippen LogP contribution in [0.3, 0.4) is 0 Å². The number of hydrogen-bond donors (Lipinski definition) is 3. The van der Waals surface area contributed by atoms with Crippen molar-refractivity contribution in [2.45, 2.75) is 95.5 Å². The van der Waals surface area contributed by atoms with Crippen molar-refractivity contribution in [2.75, 3.05) is 82.2 Å². The molecule has 0 spiro atoms. The van der Waals surface area contributed by atoms with Crippen molar-refractivity contribution in [3.8, 4) is 22.3 Å². The van der Waals surface area contributed by atoms with Gasteiger partial charge in [-0.25, -0.2) is 41.4 Å². The third-order valence-corrected chi connectivity index (χ3v) is 18.9. The van der Waals surface area contributed by atoms with Gasteiger partial charge < -0.3 is 70.0 Å². The van der Waals surface area contributed by atoms with Crippen LogP contribution in [0.25, 0.3) is 77.2 Å². The van der Waals surface area contributed by atoms with Gasteiger partial charge in [0.1, 0.15) is 68.2 Å². The number of alkyl halides is 1. The zero-order chi connectivity index (χ0) is 84.4. The lowest BCUT2D eigenvalue weighted by atomic mass is 10.1. The van der Waals surface area contributed by atoms with E-state index in [0.29, 0.717) is 45.7 Å². The summed E-state index contributed by atoms with van der Waals surface area (Å²) >= 11 is 2.97. The first-order valence-electron chi connectivity index (χ1n) is 38.1. The summed E-state index contributed by atoms with van der Waals surface area (Å²) in [5, 5.41) is 33.2. The maximum atomic E-state index is 13.2. The topological polar surface area (TPSA) is 309 Å². The van der Waals surface area contributed by atoms with E-state index in [2.05, 4.69) is 94.0 Å². The smallest absolute Gasteiger partial charge is 0.347 e. The molecular formula is C88H94Br2F3N13O12. The predicted molar refractivity (Wildman–Crippen MR) is 450 cm³/mol. The number of benzene rings is 4. The molecule has 118 heavy (non-hydrogen) atoms. The van der Waals surface area contributed by atoms with Crippen molar-refractivity contribution in [2.24, 2.45) is 0 Å². The van der Waals surface area contributed by atoms with E-state index >= 15 is 0 Å². The molecule has 0 atom stereocenters. The molecule has 0 aliphatic carbocycles. The Bertz CT molecular complexity index is 6030. The van der Waals surface area contributed by atoms with Crippen LogP contribution in [0.4, 0.5) is 18.9 Å². The van der Waals surface area contributed by atoms with Gasteiger partial charge in [-0.15, -0.1) is 0 Å². The molecule has 0 amide bonds. The van der Waals surface area contributed by atoms with Gasteiger partial charge >= 0.3 is 22.5 Å². The summed E-state index contributed by atoms with van der Waals surface area (Å²) in [5.41, 5.74) is 9.44. The third kappa shape index (κ3) is 26.7. The first kappa shape index (κ1) is 91.8.